The van der Waals surface area contributed by atoms with Gasteiger partial charge < -0.3 is 5.32 Å². The lowest BCUT2D eigenvalue weighted by Gasteiger charge is -2.11. The van der Waals surface area contributed by atoms with Crippen LogP contribution in [0.4, 0.5) is 0 Å². The van der Waals surface area contributed by atoms with E-state index in [2.05, 4.69) is 30.4 Å². The van der Waals surface area contributed by atoms with Gasteiger partial charge in [0.15, 0.2) is 0 Å². The molecule has 0 aromatic heterocycles. The maximum Gasteiger partial charge on any atom is 0.0438 e. The molecule has 1 aromatic rings. The highest BCUT2D eigenvalue weighted by atomic mass is 35.5. The molecular weight excluding hydrogens is 194 g/mol. The van der Waals surface area contributed by atoms with Gasteiger partial charge in [-0.1, -0.05) is 23.7 Å². The molecule has 76 valence electrons. The zero-order valence-electron chi connectivity index (χ0n) is 8.73. The quantitative estimate of drug-likeness (QED) is 0.806. The minimum atomic E-state index is 0.400. The molecule has 0 heterocycles. The van der Waals surface area contributed by atoms with Crippen LogP contribution in [0.5, 0.6) is 0 Å². The van der Waals surface area contributed by atoms with Crippen LogP contribution in [0.1, 0.15) is 30.9 Å². The number of halogens is 1. The summed E-state index contributed by atoms with van der Waals surface area (Å²) in [5.41, 5.74) is 2.82. The van der Waals surface area contributed by atoms with E-state index in [9.17, 15) is 0 Å². The molecule has 2 heteroatoms. The van der Waals surface area contributed by atoms with Gasteiger partial charge in [0.05, 0.1) is 0 Å². The van der Waals surface area contributed by atoms with E-state index in [0.29, 0.717) is 5.54 Å². The topological polar surface area (TPSA) is 12.0 Å². The number of rotatable bonds is 3. The first-order chi connectivity index (χ1) is 6.59. The summed E-state index contributed by atoms with van der Waals surface area (Å²) in [5.74, 6) is 0. The molecule has 14 heavy (non-hydrogen) atoms. The molecule has 0 atom stereocenters. The third kappa shape index (κ3) is 2.28. The van der Waals surface area contributed by atoms with Crippen molar-refractivity contribution in [2.75, 3.05) is 0 Å². The summed E-state index contributed by atoms with van der Waals surface area (Å²) in [6, 6.07) is 6.27. The molecule has 1 N–H and O–H groups in total. The first-order valence-corrected chi connectivity index (χ1v) is 5.47. The molecule has 1 aliphatic rings. The summed E-state index contributed by atoms with van der Waals surface area (Å²) in [5, 5.41) is 4.40. The van der Waals surface area contributed by atoms with Crippen molar-refractivity contribution in [2.45, 2.75) is 38.8 Å². The van der Waals surface area contributed by atoms with E-state index in [4.69, 9.17) is 11.6 Å². The Hall–Kier alpha value is -0.530. The first kappa shape index (κ1) is 10.0. The molecule has 0 bridgehead atoms. The van der Waals surface area contributed by atoms with Crippen LogP contribution in [0.3, 0.4) is 0 Å². The average molecular weight is 210 g/mol. The van der Waals surface area contributed by atoms with Crippen LogP contribution in [0.15, 0.2) is 18.2 Å². The highest BCUT2D eigenvalue weighted by Gasteiger charge is 2.36. The predicted molar refractivity (Wildman–Crippen MR) is 60.7 cm³/mol. The van der Waals surface area contributed by atoms with Gasteiger partial charge in [0.25, 0.3) is 0 Å². The van der Waals surface area contributed by atoms with Gasteiger partial charge in [0, 0.05) is 17.1 Å². The smallest absolute Gasteiger partial charge is 0.0438 e. The molecule has 0 saturated heterocycles. The Morgan fingerprint density at radius 1 is 1.43 bits per heavy atom. The van der Waals surface area contributed by atoms with E-state index in [1.54, 1.807) is 0 Å². The van der Waals surface area contributed by atoms with Crippen molar-refractivity contribution in [3.05, 3.63) is 34.3 Å². The van der Waals surface area contributed by atoms with Gasteiger partial charge in [-0.3, -0.25) is 0 Å². The van der Waals surface area contributed by atoms with Crippen molar-refractivity contribution in [3.63, 3.8) is 0 Å². The average Bonchev–Trinajstić information content (AvgIpc) is 2.87. The lowest BCUT2D eigenvalue weighted by Crippen LogP contribution is -2.26. The normalized spacial score (nSPS) is 18.2. The van der Waals surface area contributed by atoms with Crippen LogP contribution in [0.2, 0.25) is 5.02 Å². The summed E-state index contributed by atoms with van der Waals surface area (Å²) < 4.78 is 0. The van der Waals surface area contributed by atoms with E-state index in [-0.39, 0.29) is 0 Å². The lowest BCUT2D eigenvalue weighted by molar-refractivity contribution is 0.538. The van der Waals surface area contributed by atoms with Crippen molar-refractivity contribution in [1.82, 2.24) is 5.32 Å². The molecule has 0 unspecified atom stereocenters. The summed E-state index contributed by atoms with van der Waals surface area (Å²) >= 11 is 6.05. The molecule has 1 nitrogen and oxygen atoms in total. The molecule has 1 saturated carbocycles. The van der Waals surface area contributed by atoms with Crippen molar-refractivity contribution in [3.8, 4) is 0 Å². The summed E-state index contributed by atoms with van der Waals surface area (Å²) in [6.07, 6.45) is 2.60. The van der Waals surface area contributed by atoms with Gasteiger partial charge in [-0.15, -0.1) is 0 Å². The second-order valence-electron chi connectivity index (χ2n) is 4.50. The SMILES string of the molecule is Cc1ccc(CNC2(C)CC2)cc1Cl. The fraction of sp³-hybridized carbons (Fsp3) is 0.500. The van der Waals surface area contributed by atoms with E-state index in [0.717, 1.165) is 17.1 Å². The van der Waals surface area contributed by atoms with Gasteiger partial charge >= 0.3 is 0 Å². The molecule has 0 spiro atoms. The van der Waals surface area contributed by atoms with Crippen LogP contribution in [-0.4, -0.2) is 5.54 Å². The molecular formula is C12H16ClN. The number of hydrogen-bond donors (Lipinski definition) is 1. The Morgan fingerprint density at radius 3 is 2.71 bits per heavy atom. The minimum Gasteiger partial charge on any atom is -0.307 e. The van der Waals surface area contributed by atoms with Crippen molar-refractivity contribution in [2.24, 2.45) is 0 Å². The molecule has 1 fully saturated rings. The Labute approximate surface area is 90.5 Å². The molecule has 2 rings (SSSR count). The Bertz CT molecular complexity index is 342. The molecule has 0 aliphatic heterocycles. The Kier molecular flexibility index (Phi) is 2.54. The third-order valence-corrected chi connectivity index (χ3v) is 3.36. The summed E-state index contributed by atoms with van der Waals surface area (Å²) in [4.78, 5) is 0. The van der Waals surface area contributed by atoms with Gasteiger partial charge in [0.2, 0.25) is 0 Å². The molecule has 0 amide bonds. The Balaban J connectivity index is 1.99. The second kappa shape index (κ2) is 3.56. The lowest BCUT2D eigenvalue weighted by atomic mass is 10.1. The van der Waals surface area contributed by atoms with Crippen molar-refractivity contribution >= 4 is 11.6 Å². The molecule has 0 radical (unpaired) electrons. The van der Waals surface area contributed by atoms with Crippen molar-refractivity contribution in [1.29, 1.82) is 0 Å². The Morgan fingerprint density at radius 2 is 2.14 bits per heavy atom. The van der Waals surface area contributed by atoms with Crippen LogP contribution < -0.4 is 5.32 Å². The standard InChI is InChI=1S/C12H16ClN/c1-9-3-4-10(7-11(9)13)8-14-12(2)5-6-12/h3-4,7,14H,5-6,8H2,1-2H3. The number of aryl methyl sites for hydroxylation is 1. The second-order valence-corrected chi connectivity index (χ2v) is 4.90. The monoisotopic (exact) mass is 209 g/mol. The highest BCUT2D eigenvalue weighted by molar-refractivity contribution is 6.31. The maximum absolute atomic E-state index is 6.05. The van der Waals surface area contributed by atoms with Gasteiger partial charge in [0.1, 0.15) is 0 Å². The minimum absolute atomic E-state index is 0.400. The van der Waals surface area contributed by atoms with Crippen LogP contribution in [-0.2, 0) is 6.54 Å². The third-order valence-electron chi connectivity index (χ3n) is 2.96. The first-order valence-electron chi connectivity index (χ1n) is 5.09. The number of nitrogens with one attached hydrogen (secondary N) is 1. The number of benzene rings is 1. The van der Waals surface area contributed by atoms with E-state index < -0.39 is 0 Å². The maximum atomic E-state index is 6.05. The van der Waals surface area contributed by atoms with Crippen molar-refractivity contribution < 1.29 is 0 Å². The number of hydrogen-bond acceptors (Lipinski definition) is 1. The predicted octanol–water partition coefficient (Wildman–Crippen LogP) is 3.29. The zero-order valence-corrected chi connectivity index (χ0v) is 9.49. The summed E-state index contributed by atoms with van der Waals surface area (Å²) in [6.45, 7) is 5.22. The fourth-order valence-corrected chi connectivity index (χ4v) is 1.63. The van der Waals surface area contributed by atoms with E-state index >= 15 is 0 Å². The van der Waals surface area contributed by atoms with Crippen LogP contribution in [0.25, 0.3) is 0 Å². The zero-order chi connectivity index (χ0) is 10.2. The van der Waals surface area contributed by atoms with Gasteiger partial charge in [-0.05, 0) is 43.9 Å². The van der Waals surface area contributed by atoms with Crippen LogP contribution in [0, 0.1) is 6.92 Å². The van der Waals surface area contributed by atoms with Gasteiger partial charge in [-0.2, -0.15) is 0 Å². The fourth-order valence-electron chi connectivity index (χ4n) is 1.43. The van der Waals surface area contributed by atoms with E-state index in [1.165, 1.54) is 18.4 Å². The largest absolute Gasteiger partial charge is 0.307 e. The molecule has 1 aliphatic carbocycles. The van der Waals surface area contributed by atoms with Crippen LogP contribution >= 0.6 is 11.6 Å². The van der Waals surface area contributed by atoms with E-state index in [1.807, 2.05) is 6.92 Å². The molecule has 1 aromatic carbocycles. The van der Waals surface area contributed by atoms with Gasteiger partial charge in [-0.25, -0.2) is 0 Å². The summed E-state index contributed by atoms with van der Waals surface area (Å²) in [7, 11) is 0. The highest BCUT2D eigenvalue weighted by Crippen LogP contribution is 2.34.